The molecule has 0 aromatic carbocycles. The van der Waals surface area contributed by atoms with E-state index in [9.17, 15) is 0 Å². The lowest BCUT2D eigenvalue weighted by atomic mass is 9.89. The van der Waals surface area contributed by atoms with Crippen molar-refractivity contribution in [2.24, 2.45) is 0 Å². The Morgan fingerprint density at radius 1 is 1.53 bits per heavy atom. The van der Waals surface area contributed by atoms with Crippen molar-refractivity contribution in [2.75, 3.05) is 13.2 Å². The van der Waals surface area contributed by atoms with Gasteiger partial charge in [0.2, 0.25) is 0 Å². The molecule has 1 aromatic rings. The van der Waals surface area contributed by atoms with Crippen molar-refractivity contribution in [3.63, 3.8) is 0 Å². The standard InChI is InChI=1S/C12H19NOS/c1-2-13-10-8-11(9-10)14-6-5-12-4-3-7-15-12/h3-4,7,10-11,13H,2,5-6,8-9H2,1H3. The van der Waals surface area contributed by atoms with Gasteiger partial charge in [0.05, 0.1) is 12.7 Å². The Bertz CT molecular complexity index is 267. The smallest absolute Gasteiger partial charge is 0.0605 e. The largest absolute Gasteiger partial charge is 0.378 e. The van der Waals surface area contributed by atoms with Gasteiger partial charge in [-0.3, -0.25) is 0 Å². The molecule has 3 heteroatoms. The molecular formula is C12H19NOS. The molecule has 1 aliphatic rings. The SMILES string of the molecule is CCNC1CC(OCCc2cccs2)C1. The van der Waals surface area contributed by atoms with Crippen molar-refractivity contribution in [3.8, 4) is 0 Å². The fourth-order valence-corrected chi connectivity index (χ4v) is 2.63. The molecule has 2 rings (SSSR count). The average Bonchev–Trinajstić information content (AvgIpc) is 2.66. The Kier molecular flexibility index (Phi) is 4.18. The van der Waals surface area contributed by atoms with Crippen molar-refractivity contribution < 1.29 is 4.74 Å². The third-order valence-corrected chi connectivity index (χ3v) is 3.81. The zero-order valence-corrected chi connectivity index (χ0v) is 10.1. The van der Waals surface area contributed by atoms with Gasteiger partial charge < -0.3 is 10.1 Å². The highest BCUT2D eigenvalue weighted by Gasteiger charge is 2.28. The number of ether oxygens (including phenoxy) is 1. The second kappa shape index (κ2) is 5.64. The number of rotatable bonds is 6. The molecule has 1 heterocycles. The van der Waals surface area contributed by atoms with Gasteiger partial charge in [-0.2, -0.15) is 0 Å². The molecule has 0 radical (unpaired) electrons. The Morgan fingerprint density at radius 3 is 3.07 bits per heavy atom. The van der Waals surface area contributed by atoms with Crippen molar-refractivity contribution in [2.45, 2.75) is 38.3 Å². The first-order valence-corrected chi connectivity index (χ1v) is 6.64. The van der Waals surface area contributed by atoms with Crippen LogP contribution in [0.25, 0.3) is 0 Å². The van der Waals surface area contributed by atoms with Gasteiger partial charge in [0.25, 0.3) is 0 Å². The van der Waals surface area contributed by atoms with E-state index >= 15 is 0 Å². The lowest BCUT2D eigenvalue weighted by Crippen LogP contribution is -2.45. The van der Waals surface area contributed by atoms with Gasteiger partial charge in [0.15, 0.2) is 0 Å². The molecule has 0 saturated heterocycles. The van der Waals surface area contributed by atoms with Crippen LogP contribution in [0.5, 0.6) is 0 Å². The Labute approximate surface area is 95.6 Å². The van der Waals surface area contributed by atoms with Gasteiger partial charge in [-0.1, -0.05) is 13.0 Å². The number of hydrogen-bond acceptors (Lipinski definition) is 3. The fraction of sp³-hybridized carbons (Fsp3) is 0.667. The summed E-state index contributed by atoms with van der Waals surface area (Å²) in [5.41, 5.74) is 0. The zero-order valence-electron chi connectivity index (χ0n) is 9.24. The van der Waals surface area contributed by atoms with E-state index in [1.54, 1.807) is 0 Å². The van der Waals surface area contributed by atoms with Crippen LogP contribution in [0, 0.1) is 0 Å². The van der Waals surface area contributed by atoms with E-state index in [1.807, 2.05) is 11.3 Å². The minimum Gasteiger partial charge on any atom is -0.378 e. The number of nitrogens with one attached hydrogen (secondary N) is 1. The first kappa shape index (κ1) is 11.1. The van der Waals surface area contributed by atoms with Crippen molar-refractivity contribution in [3.05, 3.63) is 22.4 Å². The van der Waals surface area contributed by atoms with Crippen LogP contribution in [-0.2, 0) is 11.2 Å². The summed E-state index contributed by atoms with van der Waals surface area (Å²) in [6.07, 6.45) is 3.96. The molecule has 0 aliphatic heterocycles. The molecule has 1 aromatic heterocycles. The van der Waals surface area contributed by atoms with Gasteiger partial charge in [-0.25, -0.2) is 0 Å². The van der Waals surface area contributed by atoms with Gasteiger partial charge in [-0.05, 0) is 30.8 Å². The molecule has 15 heavy (non-hydrogen) atoms. The van der Waals surface area contributed by atoms with Gasteiger partial charge in [0, 0.05) is 17.3 Å². The van der Waals surface area contributed by atoms with Gasteiger partial charge in [-0.15, -0.1) is 11.3 Å². The highest BCUT2D eigenvalue weighted by atomic mass is 32.1. The highest BCUT2D eigenvalue weighted by molar-refractivity contribution is 7.09. The first-order chi connectivity index (χ1) is 7.38. The third kappa shape index (κ3) is 3.30. The zero-order chi connectivity index (χ0) is 10.5. The summed E-state index contributed by atoms with van der Waals surface area (Å²) >= 11 is 1.82. The molecular weight excluding hydrogens is 206 g/mol. The molecule has 1 fully saturated rings. The summed E-state index contributed by atoms with van der Waals surface area (Å²) in [6, 6.07) is 4.99. The summed E-state index contributed by atoms with van der Waals surface area (Å²) < 4.78 is 5.79. The summed E-state index contributed by atoms with van der Waals surface area (Å²) in [5, 5.41) is 5.56. The predicted octanol–water partition coefficient (Wildman–Crippen LogP) is 2.45. The second-order valence-electron chi connectivity index (χ2n) is 4.05. The molecule has 2 nitrogen and oxygen atoms in total. The quantitative estimate of drug-likeness (QED) is 0.803. The minimum atomic E-state index is 0.508. The van der Waals surface area contributed by atoms with Gasteiger partial charge >= 0.3 is 0 Å². The van der Waals surface area contributed by atoms with Crippen LogP contribution in [0.2, 0.25) is 0 Å². The average molecular weight is 225 g/mol. The van der Waals surface area contributed by atoms with Crippen molar-refractivity contribution >= 4 is 11.3 Å². The maximum absolute atomic E-state index is 5.79. The molecule has 1 N–H and O–H groups in total. The van der Waals surface area contributed by atoms with Crippen LogP contribution in [0.4, 0.5) is 0 Å². The number of hydrogen-bond donors (Lipinski definition) is 1. The summed E-state index contributed by atoms with van der Waals surface area (Å²) in [6.45, 7) is 4.11. The van der Waals surface area contributed by atoms with Crippen LogP contribution in [0.15, 0.2) is 17.5 Å². The monoisotopic (exact) mass is 225 g/mol. The van der Waals surface area contributed by atoms with Crippen molar-refractivity contribution in [1.82, 2.24) is 5.32 Å². The summed E-state index contributed by atoms with van der Waals surface area (Å²) in [4.78, 5) is 1.43. The van der Waals surface area contributed by atoms with Crippen LogP contribution in [0.3, 0.4) is 0 Å². The first-order valence-electron chi connectivity index (χ1n) is 5.76. The maximum Gasteiger partial charge on any atom is 0.0605 e. The van der Waals surface area contributed by atoms with E-state index in [1.165, 1.54) is 17.7 Å². The van der Waals surface area contributed by atoms with Crippen LogP contribution in [0.1, 0.15) is 24.6 Å². The highest BCUT2D eigenvalue weighted by Crippen LogP contribution is 2.23. The molecule has 0 bridgehead atoms. The lowest BCUT2D eigenvalue weighted by Gasteiger charge is -2.35. The topological polar surface area (TPSA) is 21.3 Å². The van der Waals surface area contributed by atoms with Crippen LogP contribution in [-0.4, -0.2) is 25.3 Å². The van der Waals surface area contributed by atoms with Gasteiger partial charge in [0.1, 0.15) is 0 Å². The van der Waals surface area contributed by atoms with E-state index in [-0.39, 0.29) is 0 Å². The normalized spacial score (nSPS) is 25.1. The molecule has 1 saturated carbocycles. The Balaban J connectivity index is 1.53. The molecule has 0 unspecified atom stereocenters. The second-order valence-corrected chi connectivity index (χ2v) is 5.08. The molecule has 84 valence electrons. The van der Waals surface area contributed by atoms with E-state index in [4.69, 9.17) is 4.74 Å². The van der Waals surface area contributed by atoms with E-state index in [2.05, 4.69) is 29.8 Å². The summed E-state index contributed by atoms with van der Waals surface area (Å²) in [7, 11) is 0. The van der Waals surface area contributed by atoms with Crippen LogP contribution < -0.4 is 5.32 Å². The fourth-order valence-electron chi connectivity index (χ4n) is 1.94. The lowest BCUT2D eigenvalue weighted by molar-refractivity contribution is -0.0142. The molecule has 0 spiro atoms. The third-order valence-electron chi connectivity index (χ3n) is 2.87. The Morgan fingerprint density at radius 2 is 2.40 bits per heavy atom. The van der Waals surface area contributed by atoms with E-state index < -0.39 is 0 Å². The maximum atomic E-state index is 5.79. The van der Waals surface area contributed by atoms with Crippen molar-refractivity contribution in [1.29, 1.82) is 0 Å². The number of thiophene rings is 1. The van der Waals surface area contributed by atoms with E-state index in [0.717, 1.165) is 19.6 Å². The molecule has 1 aliphatic carbocycles. The summed E-state index contributed by atoms with van der Waals surface area (Å²) in [5.74, 6) is 0. The predicted molar refractivity (Wildman–Crippen MR) is 64.5 cm³/mol. The molecule has 0 atom stereocenters. The van der Waals surface area contributed by atoms with Crippen LogP contribution >= 0.6 is 11.3 Å². The van der Waals surface area contributed by atoms with E-state index in [0.29, 0.717) is 12.1 Å². The minimum absolute atomic E-state index is 0.508. The Hall–Kier alpha value is -0.380. The molecule has 0 amide bonds.